The van der Waals surface area contributed by atoms with Crippen LogP contribution in [0.5, 0.6) is 5.75 Å². The number of aliphatic hydroxyl groups excluding tert-OH is 1. The minimum Gasteiger partial charge on any atom is -0.483 e. The number of carbonyl (C=O) groups excluding carboxylic acids is 2. The molecule has 0 radical (unpaired) electrons. The van der Waals surface area contributed by atoms with Gasteiger partial charge in [-0.1, -0.05) is 35.5 Å². The van der Waals surface area contributed by atoms with Gasteiger partial charge < -0.3 is 29.9 Å². The van der Waals surface area contributed by atoms with Gasteiger partial charge in [0.25, 0.3) is 11.8 Å². The van der Waals surface area contributed by atoms with E-state index in [9.17, 15) is 19.5 Å². The lowest BCUT2D eigenvalue weighted by atomic mass is 9.82. The van der Waals surface area contributed by atoms with Crippen LogP contribution in [0.15, 0.2) is 46.5 Å². The van der Waals surface area contributed by atoms with E-state index in [1.165, 1.54) is 10.8 Å². The van der Waals surface area contributed by atoms with Crippen molar-refractivity contribution in [2.24, 2.45) is 10.9 Å². The first-order chi connectivity index (χ1) is 16.2. The lowest BCUT2D eigenvalue weighted by molar-refractivity contribution is -0.114. The van der Waals surface area contributed by atoms with Gasteiger partial charge in [-0.3, -0.25) is 14.4 Å². The first-order valence-corrected chi connectivity index (χ1v) is 11.2. The number of pyridine rings is 1. The average molecular weight is 466 g/mol. The number of hydrogen-bond donors (Lipinski definition) is 2. The molecule has 1 aromatic heterocycles. The molecule has 0 unspecified atom stereocenters. The predicted molar refractivity (Wildman–Crippen MR) is 122 cm³/mol. The third kappa shape index (κ3) is 3.20. The van der Waals surface area contributed by atoms with Crippen LogP contribution in [0.1, 0.15) is 59.1 Å². The molecule has 0 aliphatic carbocycles. The molecule has 3 N–H and O–H groups in total. The van der Waals surface area contributed by atoms with Crippen LogP contribution in [0.2, 0.25) is 0 Å². The molecule has 4 atom stereocenters. The summed E-state index contributed by atoms with van der Waals surface area (Å²) in [6.07, 6.45) is 1.25. The van der Waals surface area contributed by atoms with Crippen molar-refractivity contribution in [2.45, 2.75) is 57.1 Å². The first kappa shape index (κ1) is 22.1. The Labute approximate surface area is 195 Å². The number of rotatable bonds is 4. The summed E-state index contributed by atoms with van der Waals surface area (Å²) in [7, 11) is 0. The fourth-order valence-electron chi connectivity index (χ4n) is 5.16. The van der Waals surface area contributed by atoms with Crippen LogP contribution in [0.4, 0.5) is 0 Å². The van der Waals surface area contributed by atoms with Gasteiger partial charge >= 0.3 is 0 Å². The fraction of sp³-hybridized carbons (Fsp3) is 0.417. The Morgan fingerprint density at radius 1 is 1.32 bits per heavy atom. The molecule has 1 saturated heterocycles. The van der Waals surface area contributed by atoms with E-state index in [2.05, 4.69) is 5.16 Å². The summed E-state index contributed by atoms with van der Waals surface area (Å²) in [6, 6.07) is 8.37. The Balaban J connectivity index is 1.71. The summed E-state index contributed by atoms with van der Waals surface area (Å²) in [5.41, 5.74) is 4.54. The molecule has 34 heavy (non-hydrogen) atoms. The number of fused-ring (bicyclic) bond motifs is 5. The highest BCUT2D eigenvalue weighted by molar-refractivity contribution is 5.99. The van der Waals surface area contributed by atoms with Crippen LogP contribution >= 0.6 is 0 Å². The monoisotopic (exact) mass is 466 g/mol. The number of benzene rings is 1. The number of amides is 2. The molecule has 178 valence electrons. The molecule has 10 heteroatoms. The maximum atomic E-state index is 13.6. The third-order valence-corrected chi connectivity index (χ3v) is 7.12. The molecule has 3 aliphatic heterocycles. The number of ether oxygens (including phenoxy) is 1. The molecular weight excluding hydrogens is 440 g/mol. The Morgan fingerprint density at radius 2 is 2.06 bits per heavy atom. The minimum absolute atomic E-state index is 0.00987. The van der Waals surface area contributed by atoms with E-state index < -0.39 is 29.1 Å². The molecule has 10 nitrogen and oxygen atoms in total. The van der Waals surface area contributed by atoms with Crippen molar-refractivity contribution in [3.63, 3.8) is 0 Å². The molecule has 1 aromatic carbocycles. The van der Waals surface area contributed by atoms with Gasteiger partial charge in [-0.25, -0.2) is 0 Å². The summed E-state index contributed by atoms with van der Waals surface area (Å²) in [5.74, 6) is -1.56. The Hall–Kier alpha value is -3.66. The van der Waals surface area contributed by atoms with Gasteiger partial charge in [0.2, 0.25) is 5.43 Å². The highest BCUT2D eigenvalue weighted by Crippen LogP contribution is 2.46. The van der Waals surface area contributed by atoms with Gasteiger partial charge in [0.15, 0.2) is 17.0 Å². The largest absolute Gasteiger partial charge is 0.483 e. The Kier molecular flexibility index (Phi) is 5.20. The number of nitrogens with two attached hydrogens (primary N) is 1. The van der Waals surface area contributed by atoms with Crippen molar-refractivity contribution in [3.05, 3.63) is 63.6 Å². The van der Waals surface area contributed by atoms with Gasteiger partial charge in [-0.15, -0.1) is 0 Å². The number of nitrogens with zero attached hydrogens (tertiary/aromatic N) is 3. The smallest absolute Gasteiger partial charge is 0.274 e. The number of aromatic nitrogens is 1. The molecular formula is C24H26N4O6. The topological polar surface area (TPSA) is 136 Å². The highest BCUT2D eigenvalue weighted by Gasteiger charge is 2.58. The SMILES string of the molecule is CC1=NO[C@@]2(CC[C@H](C)N3C[C@H]2n2cc(C(N)=O)c(=O)c(OCc4ccccc4)c2C3=O)[C@H]1O. The van der Waals surface area contributed by atoms with Crippen LogP contribution in [-0.2, 0) is 11.4 Å². The fourth-order valence-corrected chi connectivity index (χ4v) is 5.16. The second-order valence-electron chi connectivity index (χ2n) is 9.14. The van der Waals surface area contributed by atoms with Crippen molar-refractivity contribution < 1.29 is 24.3 Å². The zero-order valence-electron chi connectivity index (χ0n) is 18.9. The van der Waals surface area contributed by atoms with E-state index in [0.717, 1.165) is 5.56 Å². The number of aliphatic hydroxyl groups is 1. The molecule has 1 fully saturated rings. The van der Waals surface area contributed by atoms with Gasteiger partial charge in [0.1, 0.15) is 18.3 Å². The Morgan fingerprint density at radius 3 is 2.71 bits per heavy atom. The summed E-state index contributed by atoms with van der Waals surface area (Å²) in [4.78, 5) is 46.6. The van der Waals surface area contributed by atoms with Crippen LogP contribution in [0.25, 0.3) is 0 Å². The Bertz CT molecular complexity index is 1260. The lowest BCUT2D eigenvalue weighted by Gasteiger charge is -2.43. The van der Waals surface area contributed by atoms with Crippen LogP contribution in [0, 0.1) is 0 Å². The maximum absolute atomic E-state index is 13.6. The normalized spacial score (nSPS) is 27.6. The second-order valence-corrected chi connectivity index (χ2v) is 9.14. The van der Waals surface area contributed by atoms with Crippen LogP contribution in [0.3, 0.4) is 0 Å². The number of carbonyl (C=O) groups is 2. The van der Waals surface area contributed by atoms with Crippen molar-refractivity contribution in [3.8, 4) is 5.75 Å². The summed E-state index contributed by atoms with van der Waals surface area (Å²) in [6.45, 7) is 3.82. The van der Waals surface area contributed by atoms with E-state index in [1.54, 1.807) is 11.8 Å². The summed E-state index contributed by atoms with van der Waals surface area (Å²) < 4.78 is 7.43. The molecule has 5 rings (SSSR count). The van der Waals surface area contributed by atoms with E-state index in [1.807, 2.05) is 37.3 Å². The average Bonchev–Trinajstić information content (AvgIpc) is 3.03. The second kappa shape index (κ2) is 7.98. The van der Waals surface area contributed by atoms with E-state index >= 15 is 0 Å². The van der Waals surface area contributed by atoms with Crippen LogP contribution < -0.4 is 15.9 Å². The standard InChI is InChI=1S/C24H26N4O6/c1-13-8-9-24(21(30)14(2)26-34-24)17-11-27(13)23(32)18-20(33-12-15-6-4-3-5-7-15)19(29)16(22(25)31)10-28(17)18/h3-7,10,13,17,21,30H,8-9,11-12H2,1-2H3,(H2,25,31)/t13-,17+,21-,24+/m0/s1. The van der Waals surface area contributed by atoms with Gasteiger partial charge in [0, 0.05) is 18.8 Å². The lowest BCUT2D eigenvalue weighted by Crippen LogP contribution is -2.56. The van der Waals surface area contributed by atoms with Gasteiger partial charge in [-0.2, -0.15) is 0 Å². The number of oxime groups is 1. The molecule has 2 bridgehead atoms. The van der Waals surface area contributed by atoms with E-state index in [4.69, 9.17) is 15.3 Å². The zero-order chi connectivity index (χ0) is 24.2. The molecule has 2 aromatic rings. The number of hydrogen-bond acceptors (Lipinski definition) is 7. The highest BCUT2D eigenvalue weighted by atomic mass is 16.7. The minimum atomic E-state index is -1.16. The zero-order valence-corrected chi connectivity index (χ0v) is 18.9. The first-order valence-electron chi connectivity index (χ1n) is 11.2. The van der Waals surface area contributed by atoms with Crippen LogP contribution in [-0.4, -0.2) is 56.4 Å². The molecule has 0 saturated carbocycles. The van der Waals surface area contributed by atoms with Gasteiger partial charge in [0.05, 0.1) is 11.8 Å². The van der Waals surface area contributed by atoms with Crippen molar-refractivity contribution >= 4 is 17.5 Å². The molecule has 1 spiro atoms. The molecule has 2 amide bonds. The molecule has 3 aliphatic rings. The van der Waals surface area contributed by atoms with E-state index in [0.29, 0.717) is 18.6 Å². The van der Waals surface area contributed by atoms with Gasteiger partial charge in [-0.05, 0) is 32.3 Å². The van der Waals surface area contributed by atoms with Crippen molar-refractivity contribution in [1.29, 1.82) is 0 Å². The quantitative estimate of drug-likeness (QED) is 0.695. The summed E-state index contributed by atoms with van der Waals surface area (Å²) >= 11 is 0. The predicted octanol–water partition coefficient (Wildman–Crippen LogP) is 1.21. The molecule has 4 heterocycles. The van der Waals surface area contributed by atoms with E-state index in [-0.39, 0.29) is 42.1 Å². The summed E-state index contributed by atoms with van der Waals surface area (Å²) in [5, 5.41) is 15.1. The van der Waals surface area contributed by atoms with Crippen molar-refractivity contribution in [2.75, 3.05) is 6.54 Å². The number of primary amides is 1. The third-order valence-electron chi connectivity index (χ3n) is 7.12. The van der Waals surface area contributed by atoms with Crippen molar-refractivity contribution in [1.82, 2.24) is 9.47 Å². The maximum Gasteiger partial charge on any atom is 0.274 e.